The minimum absolute atomic E-state index is 0.00849. The van der Waals surface area contributed by atoms with Crippen molar-refractivity contribution in [3.05, 3.63) is 17.0 Å². The van der Waals surface area contributed by atoms with Gasteiger partial charge in [-0.3, -0.25) is 9.48 Å². The highest BCUT2D eigenvalue weighted by Crippen LogP contribution is 2.14. The summed E-state index contributed by atoms with van der Waals surface area (Å²) in [7, 11) is 0. The average Bonchev–Trinajstić information content (AvgIpc) is 2.31. The highest BCUT2D eigenvalue weighted by molar-refractivity contribution is 6.15. The molecule has 0 aliphatic heterocycles. The number of carboxylic acids is 1. The molecule has 0 saturated carbocycles. The molecule has 0 fully saturated rings. The van der Waals surface area contributed by atoms with E-state index in [4.69, 9.17) is 16.7 Å². The van der Waals surface area contributed by atoms with Crippen LogP contribution in [0.25, 0.3) is 0 Å². The maximum atomic E-state index is 10.5. The number of aryl methyl sites for hydroxylation is 1. The Labute approximate surface area is 81.1 Å². The first-order valence-electron chi connectivity index (χ1n) is 3.87. The molecule has 13 heavy (non-hydrogen) atoms. The Morgan fingerprint density at radius 1 is 1.62 bits per heavy atom. The number of rotatable bonds is 3. The highest BCUT2D eigenvalue weighted by atomic mass is 35.5. The number of aromatic nitrogens is 2. The lowest BCUT2D eigenvalue weighted by molar-refractivity contribution is -0.136. The van der Waals surface area contributed by atoms with Crippen molar-refractivity contribution in [1.29, 1.82) is 0 Å². The van der Waals surface area contributed by atoms with Crippen LogP contribution < -0.4 is 0 Å². The van der Waals surface area contributed by atoms with Crippen LogP contribution in [0.5, 0.6) is 0 Å². The van der Waals surface area contributed by atoms with Gasteiger partial charge in [-0.25, -0.2) is 0 Å². The van der Waals surface area contributed by atoms with Crippen molar-refractivity contribution < 1.29 is 9.90 Å². The molecule has 0 amide bonds. The van der Waals surface area contributed by atoms with E-state index in [1.165, 1.54) is 0 Å². The Bertz CT molecular complexity index is 333. The number of hydrogen-bond acceptors (Lipinski definition) is 2. The molecule has 1 rings (SSSR count). The van der Waals surface area contributed by atoms with Crippen molar-refractivity contribution in [2.45, 2.75) is 26.3 Å². The summed E-state index contributed by atoms with van der Waals surface area (Å²) in [6.07, 6.45) is 0.00849. The summed E-state index contributed by atoms with van der Waals surface area (Å²) in [6, 6.07) is 0.256. The number of alkyl halides is 1. The van der Waals surface area contributed by atoms with Gasteiger partial charge in [0.2, 0.25) is 0 Å². The molecule has 0 aliphatic rings. The van der Waals surface area contributed by atoms with Gasteiger partial charge in [0.15, 0.2) is 0 Å². The lowest BCUT2D eigenvalue weighted by Crippen LogP contribution is -2.03. The molecule has 1 aromatic heterocycles. The summed E-state index contributed by atoms with van der Waals surface area (Å²) >= 11 is 5.61. The largest absolute Gasteiger partial charge is 0.481 e. The predicted octanol–water partition coefficient (Wildman–Crippen LogP) is 1.32. The molecule has 0 spiro atoms. The first-order chi connectivity index (χ1) is 6.06. The molecule has 4 nitrogen and oxygen atoms in total. The molecule has 1 heterocycles. The van der Waals surface area contributed by atoms with Crippen molar-refractivity contribution in [1.82, 2.24) is 9.78 Å². The van der Waals surface area contributed by atoms with Gasteiger partial charge >= 0.3 is 5.97 Å². The van der Waals surface area contributed by atoms with Crippen LogP contribution in [0, 0.1) is 13.8 Å². The smallest absolute Gasteiger partial charge is 0.307 e. The third kappa shape index (κ3) is 2.01. The molecule has 0 bridgehead atoms. The van der Waals surface area contributed by atoms with Gasteiger partial charge in [-0.2, -0.15) is 5.10 Å². The maximum Gasteiger partial charge on any atom is 0.307 e. The number of carbonyl (C=O) groups is 1. The zero-order valence-corrected chi connectivity index (χ0v) is 8.30. The van der Waals surface area contributed by atoms with Crippen molar-refractivity contribution in [3.63, 3.8) is 0 Å². The lowest BCUT2D eigenvalue weighted by atomic mass is 10.1. The van der Waals surface area contributed by atoms with Crippen molar-refractivity contribution >= 4 is 17.6 Å². The summed E-state index contributed by atoms with van der Waals surface area (Å²) in [5.74, 6) is -0.847. The molecular formula is C8H11ClN2O2. The van der Waals surface area contributed by atoms with Gasteiger partial charge < -0.3 is 5.11 Å². The van der Waals surface area contributed by atoms with Gasteiger partial charge in [-0.1, -0.05) is 0 Å². The fraction of sp³-hybridized carbons (Fsp3) is 0.500. The Morgan fingerprint density at radius 3 is 2.62 bits per heavy atom. The van der Waals surface area contributed by atoms with Gasteiger partial charge in [-0.05, 0) is 13.8 Å². The van der Waals surface area contributed by atoms with E-state index in [1.54, 1.807) is 11.6 Å². The second-order valence-corrected chi connectivity index (χ2v) is 3.08. The molecule has 72 valence electrons. The fourth-order valence-corrected chi connectivity index (χ4v) is 1.49. The molecule has 0 aromatic carbocycles. The monoisotopic (exact) mass is 202 g/mol. The van der Waals surface area contributed by atoms with Crippen LogP contribution in [-0.4, -0.2) is 20.9 Å². The van der Waals surface area contributed by atoms with E-state index in [9.17, 15) is 4.79 Å². The van der Waals surface area contributed by atoms with Gasteiger partial charge in [-0.15, -0.1) is 11.6 Å². The molecular weight excluding hydrogens is 192 g/mol. The molecule has 0 radical (unpaired) electrons. The van der Waals surface area contributed by atoms with E-state index < -0.39 is 5.97 Å². The fourth-order valence-electron chi connectivity index (χ4n) is 1.26. The van der Waals surface area contributed by atoms with E-state index in [0.29, 0.717) is 0 Å². The molecule has 0 aliphatic carbocycles. The Balaban J connectivity index is 3.05. The second kappa shape index (κ2) is 3.79. The van der Waals surface area contributed by atoms with Crippen LogP contribution in [0.2, 0.25) is 0 Å². The summed E-state index contributed by atoms with van der Waals surface area (Å²) in [5.41, 5.74) is 2.32. The summed E-state index contributed by atoms with van der Waals surface area (Å²) < 4.78 is 1.59. The second-order valence-electron chi connectivity index (χ2n) is 2.84. The van der Waals surface area contributed by atoms with Gasteiger partial charge in [0.25, 0.3) is 0 Å². The van der Waals surface area contributed by atoms with E-state index >= 15 is 0 Å². The summed E-state index contributed by atoms with van der Waals surface area (Å²) in [6.45, 7) is 3.61. The number of hydrogen-bond donors (Lipinski definition) is 1. The van der Waals surface area contributed by atoms with Crippen LogP contribution in [0.4, 0.5) is 0 Å². The van der Waals surface area contributed by atoms with Crippen molar-refractivity contribution in [2.24, 2.45) is 0 Å². The van der Waals surface area contributed by atoms with Crippen LogP contribution in [0.1, 0.15) is 17.0 Å². The number of halogens is 1. The van der Waals surface area contributed by atoms with E-state index in [0.717, 1.165) is 17.0 Å². The zero-order valence-electron chi connectivity index (χ0n) is 7.54. The average molecular weight is 203 g/mol. The van der Waals surface area contributed by atoms with E-state index in [1.807, 2.05) is 6.92 Å². The third-order valence-corrected chi connectivity index (χ3v) is 2.20. The van der Waals surface area contributed by atoms with Crippen molar-refractivity contribution in [3.8, 4) is 0 Å². The number of aliphatic carboxylic acids is 1. The molecule has 0 saturated heterocycles. The molecule has 0 unspecified atom stereocenters. The van der Waals surface area contributed by atoms with Crippen LogP contribution in [0.15, 0.2) is 0 Å². The maximum absolute atomic E-state index is 10.5. The Morgan fingerprint density at radius 2 is 2.23 bits per heavy atom. The quantitative estimate of drug-likeness (QED) is 0.753. The Hall–Kier alpha value is -1.03. The molecule has 5 heteroatoms. The predicted molar refractivity (Wildman–Crippen MR) is 48.9 cm³/mol. The number of nitrogens with zero attached hydrogens (tertiary/aromatic N) is 2. The van der Waals surface area contributed by atoms with E-state index in [2.05, 4.69) is 5.10 Å². The first kappa shape index (κ1) is 10.1. The molecule has 1 N–H and O–H groups in total. The highest BCUT2D eigenvalue weighted by Gasteiger charge is 2.13. The minimum atomic E-state index is -0.847. The van der Waals surface area contributed by atoms with Crippen LogP contribution in [0.3, 0.4) is 0 Å². The topological polar surface area (TPSA) is 55.1 Å². The van der Waals surface area contributed by atoms with Crippen LogP contribution >= 0.6 is 11.6 Å². The number of carboxylic acid groups (broad SMARTS) is 1. The minimum Gasteiger partial charge on any atom is -0.481 e. The van der Waals surface area contributed by atoms with Gasteiger partial charge in [0.1, 0.15) is 6.00 Å². The molecule has 1 aromatic rings. The summed E-state index contributed by atoms with van der Waals surface area (Å²) in [4.78, 5) is 10.5. The normalized spacial score (nSPS) is 10.4. The molecule has 0 atom stereocenters. The van der Waals surface area contributed by atoms with E-state index in [-0.39, 0.29) is 12.4 Å². The summed E-state index contributed by atoms with van der Waals surface area (Å²) in [5, 5.41) is 12.7. The van der Waals surface area contributed by atoms with Crippen LogP contribution in [-0.2, 0) is 17.2 Å². The standard InChI is InChI=1S/C8H11ClN2O2/c1-5-7(3-8(12)13)6(2)11(4-9)10-5/h3-4H2,1-2H3,(H,12,13). The zero-order chi connectivity index (χ0) is 10.0. The van der Waals surface area contributed by atoms with Gasteiger partial charge in [0, 0.05) is 11.3 Å². The van der Waals surface area contributed by atoms with Gasteiger partial charge in [0.05, 0.1) is 12.1 Å². The Kier molecular flexibility index (Phi) is 2.93. The lowest BCUT2D eigenvalue weighted by Gasteiger charge is -1.98. The third-order valence-electron chi connectivity index (χ3n) is 1.97. The SMILES string of the molecule is Cc1nn(CCl)c(C)c1CC(=O)O. The first-order valence-corrected chi connectivity index (χ1v) is 4.40. The van der Waals surface area contributed by atoms with Crippen molar-refractivity contribution in [2.75, 3.05) is 0 Å².